The zero-order chi connectivity index (χ0) is 23.1. The Balaban J connectivity index is 1.72. The van der Waals surface area contributed by atoms with Gasteiger partial charge in [0.25, 0.3) is 5.91 Å². The fourth-order valence-electron chi connectivity index (χ4n) is 3.73. The van der Waals surface area contributed by atoms with Crippen molar-refractivity contribution in [3.63, 3.8) is 0 Å². The van der Waals surface area contributed by atoms with Crippen molar-refractivity contribution >= 4 is 16.8 Å². The lowest BCUT2D eigenvalue weighted by atomic mass is 10.1. The minimum absolute atomic E-state index is 0.149. The maximum atomic E-state index is 12.9. The number of aryl methyl sites for hydroxylation is 1. The third-order valence-corrected chi connectivity index (χ3v) is 5.73. The highest BCUT2D eigenvalue weighted by molar-refractivity contribution is 5.88. The molecule has 2 heterocycles. The number of nitrogens with one attached hydrogen (secondary N) is 1. The fraction of sp³-hybridized carbons (Fsp3) is 0.667. The first-order valence-corrected chi connectivity index (χ1v) is 11.6. The summed E-state index contributed by atoms with van der Waals surface area (Å²) in [7, 11) is 1.68. The molecular weight excluding hydrogens is 408 g/mol. The van der Waals surface area contributed by atoms with Gasteiger partial charge in [0.05, 0.1) is 30.7 Å². The molecule has 178 valence electrons. The molecule has 0 bridgehead atoms. The molecule has 1 aliphatic rings. The quantitative estimate of drug-likeness (QED) is 0.572. The summed E-state index contributed by atoms with van der Waals surface area (Å²) < 4.78 is 18.9. The number of ether oxygens (including phenoxy) is 3. The molecule has 1 saturated heterocycles. The van der Waals surface area contributed by atoms with E-state index >= 15 is 0 Å². The zero-order valence-corrected chi connectivity index (χ0v) is 20.1. The van der Waals surface area contributed by atoms with Crippen molar-refractivity contribution in [2.45, 2.75) is 52.9 Å². The maximum absolute atomic E-state index is 12.9. The van der Waals surface area contributed by atoms with Crippen LogP contribution in [0.3, 0.4) is 0 Å². The molecule has 0 radical (unpaired) electrons. The number of carbonyl (C=O) groups excluding carboxylic acids is 1. The van der Waals surface area contributed by atoms with E-state index in [0.29, 0.717) is 24.9 Å². The third-order valence-electron chi connectivity index (χ3n) is 5.73. The summed E-state index contributed by atoms with van der Waals surface area (Å²) >= 11 is 0. The molecule has 2 aromatic rings. The van der Waals surface area contributed by atoms with Crippen molar-refractivity contribution in [3.05, 3.63) is 23.8 Å². The molecule has 0 unspecified atom stereocenters. The Morgan fingerprint density at radius 3 is 2.69 bits per heavy atom. The molecule has 8 nitrogen and oxygen atoms in total. The van der Waals surface area contributed by atoms with E-state index in [0.717, 1.165) is 62.3 Å². The number of rotatable bonds is 11. The van der Waals surface area contributed by atoms with Crippen LogP contribution in [-0.4, -0.2) is 72.7 Å². The van der Waals surface area contributed by atoms with Gasteiger partial charge in [-0.15, -0.1) is 5.10 Å². The minimum atomic E-state index is -1.05. The Bertz CT molecular complexity index is 887. The average Bonchev–Trinajstić information content (AvgIpc) is 3.09. The molecule has 3 rings (SSSR count). The van der Waals surface area contributed by atoms with Gasteiger partial charge in [0.15, 0.2) is 5.60 Å². The maximum Gasteiger partial charge on any atom is 0.263 e. The van der Waals surface area contributed by atoms with Crippen LogP contribution in [0, 0.1) is 5.92 Å². The predicted molar refractivity (Wildman–Crippen MR) is 125 cm³/mol. The lowest BCUT2D eigenvalue weighted by Crippen LogP contribution is -2.49. The Morgan fingerprint density at radius 2 is 2.00 bits per heavy atom. The highest BCUT2D eigenvalue weighted by Gasteiger charge is 2.32. The van der Waals surface area contributed by atoms with Crippen LogP contribution in [0.5, 0.6) is 5.88 Å². The number of methoxy groups -OCH3 is 1. The normalized spacial score (nSPS) is 15.4. The monoisotopic (exact) mass is 446 g/mol. The summed E-state index contributed by atoms with van der Waals surface area (Å²) in [5.74, 6) is 0.902. The van der Waals surface area contributed by atoms with Crippen molar-refractivity contribution in [2.24, 2.45) is 5.92 Å². The van der Waals surface area contributed by atoms with Gasteiger partial charge in [-0.05, 0) is 43.9 Å². The van der Waals surface area contributed by atoms with Crippen molar-refractivity contribution < 1.29 is 19.0 Å². The number of amides is 1. The topological polar surface area (TPSA) is 77.8 Å². The highest BCUT2D eigenvalue weighted by Crippen LogP contribution is 2.30. The van der Waals surface area contributed by atoms with E-state index in [1.165, 1.54) is 0 Å². The largest absolute Gasteiger partial charge is 0.460 e. The van der Waals surface area contributed by atoms with Crippen molar-refractivity contribution in [2.75, 3.05) is 46.5 Å². The van der Waals surface area contributed by atoms with Crippen LogP contribution in [-0.2, 0) is 27.4 Å². The van der Waals surface area contributed by atoms with E-state index in [4.69, 9.17) is 19.3 Å². The average molecular weight is 447 g/mol. The molecule has 1 N–H and O–H groups in total. The van der Waals surface area contributed by atoms with Crippen LogP contribution in [0.2, 0.25) is 0 Å². The second kappa shape index (κ2) is 11.1. The molecule has 1 aromatic carbocycles. The number of fused-ring (bicyclic) bond motifs is 1. The van der Waals surface area contributed by atoms with Crippen molar-refractivity contribution in [1.29, 1.82) is 0 Å². The van der Waals surface area contributed by atoms with Crippen LogP contribution in [0.4, 0.5) is 0 Å². The molecule has 0 aliphatic carbocycles. The van der Waals surface area contributed by atoms with Crippen LogP contribution in [0.1, 0.15) is 39.7 Å². The van der Waals surface area contributed by atoms with E-state index in [-0.39, 0.29) is 5.91 Å². The van der Waals surface area contributed by atoms with E-state index in [9.17, 15) is 4.79 Å². The molecule has 1 aromatic heterocycles. The number of benzene rings is 1. The number of aromatic nitrogens is 2. The summed E-state index contributed by atoms with van der Waals surface area (Å²) in [6, 6.07) is 6.14. The van der Waals surface area contributed by atoms with E-state index in [1.807, 2.05) is 16.8 Å². The van der Waals surface area contributed by atoms with Gasteiger partial charge in [-0.25, -0.2) is 0 Å². The number of nitrogens with zero attached hydrogens (tertiary/aromatic N) is 3. The molecular formula is C24H38N4O4. The highest BCUT2D eigenvalue weighted by atomic mass is 16.5. The lowest BCUT2D eigenvalue weighted by molar-refractivity contribution is -0.134. The Kier molecular flexibility index (Phi) is 8.51. The molecule has 0 saturated carbocycles. The second-order valence-electron chi connectivity index (χ2n) is 9.32. The van der Waals surface area contributed by atoms with Gasteiger partial charge in [-0.2, -0.15) is 0 Å². The number of carbonyl (C=O) groups is 1. The van der Waals surface area contributed by atoms with Gasteiger partial charge in [-0.1, -0.05) is 19.9 Å². The Morgan fingerprint density at radius 1 is 1.25 bits per heavy atom. The lowest BCUT2D eigenvalue weighted by Gasteiger charge is -2.28. The fourth-order valence-corrected chi connectivity index (χ4v) is 3.73. The Labute approximate surface area is 191 Å². The molecule has 8 heteroatoms. The molecule has 1 amide bonds. The third kappa shape index (κ3) is 6.43. The van der Waals surface area contributed by atoms with Crippen molar-refractivity contribution in [3.8, 4) is 5.88 Å². The van der Waals surface area contributed by atoms with Crippen LogP contribution < -0.4 is 10.1 Å². The van der Waals surface area contributed by atoms with E-state index in [2.05, 4.69) is 30.1 Å². The van der Waals surface area contributed by atoms with Gasteiger partial charge in [0.2, 0.25) is 5.88 Å². The van der Waals surface area contributed by atoms with Gasteiger partial charge in [-0.3, -0.25) is 14.4 Å². The first-order valence-electron chi connectivity index (χ1n) is 11.6. The van der Waals surface area contributed by atoms with Crippen LogP contribution in [0.25, 0.3) is 10.9 Å². The van der Waals surface area contributed by atoms with Crippen LogP contribution in [0.15, 0.2) is 18.2 Å². The number of morpholine rings is 1. The predicted octanol–water partition coefficient (Wildman–Crippen LogP) is 2.83. The SMILES string of the molecule is COCc1ccc2c(c1)c(OC(C)(C)C(=O)NCCN1CCOCC1)nn2CCC(C)C. The van der Waals surface area contributed by atoms with Gasteiger partial charge < -0.3 is 19.5 Å². The molecule has 32 heavy (non-hydrogen) atoms. The first-order chi connectivity index (χ1) is 15.3. The van der Waals surface area contributed by atoms with E-state index < -0.39 is 5.60 Å². The van der Waals surface area contributed by atoms with Gasteiger partial charge >= 0.3 is 0 Å². The minimum Gasteiger partial charge on any atom is -0.460 e. The summed E-state index contributed by atoms with van der Waals surface area (Å²) in [6.07, 6.45) is 1.02. The first kappa shape index (κ1) is 24.5. The van der Waals surface area contributed by atoms with Crippen molar-refractivity contribution in [1.82, 2.24) is 20.0 Å². The second-order valence-corrected chi connectivity index (χ2v) is 9.32. The molecule has 1 aliphatic heterocycles. The summed E-state index contributed by atoms with van der Waals surface area (Å²) in [6.45, 7) is 14.0. The molecule has 1 fully saturated rings. The summed E-state index contributed by atoms with van der Waals surface area (Å²) in [4.78, 5) is 15.2. The van der Waals surface area contributed by atoms with Crippen LogP contribution >= 0.6 is 0 Å². The van der Waals surface area contributed by atoms with Gasteiger partial charge in [0, 0.05) is 39.8 Å². The number of hydrogen-bond acceptors (Lipinski definition) is 6. The van der Waals surface area contributed by atoms with Gasteiger partial charge in [0.1, 0.15) is 0 Å². The molecule has 0 atom stereocenters. The smallest absolute Gasteiger partial charge is 0.263 e. The standard InChI is InChI=1S/C24H38N4O4/c1-18(2)8-10-28-21-7-6-19(17-30-5)16-20(21)22(26-28)32-24(3,4)23(29)25-9-11-27-12-14-31-15-13-27/h6-7,16,18H,8-15,17H2,1-5H3,(H,25,29). The molecule has 0 spiro atoms. The number of hydrogen-bond donors (Lipinski definition) is 1. The Hall–Kier alpha value is -2.16. The van der Waals surface area contributed by atoms with E-state index in [1.54, 1.807) is 21.0 Å². The summed E-state index contributed by atoms with van der Waals surface area (Å²) in [5.41, 5.74) is 0.997. The summed E-state index contributed by atoms with van der Waals surface area (Å²) in [5, 5.41) is 8.65. The zero-order valence-electron chi connectivity index (χ0n) is 20.1.